The molecule has 0 saturated carbocycles. The molecule has 2 aromatic rings. The number of likely N-dealkylation sites (tertiary alicyclic amines) is 1. The number of piperidine rings is 1. The molecule has 0 radical (unpaired) electrons. The summed E-state index contributed by atoms with van der Waals surface area (Å²) in [6.07, 6.45) is 3.43. The summed E-state index contributed by atoms with van der Waals surface area (Å²) >= 11 is 0. The average Bonchev–Trinajstić information content (AvgIpc) is 3.11. The standard InChI is InChI=1S/C18H23FN4O2/c1-12(2)25-14-3-4-17(15(19)11-14)21-18(24)23-9-6-13(7-10-23)16-5-8-20-22-16/h3-5,8,11-13H,6-7,9-10H2,1-2H3,(H,20,22)(H,21,24). The van der Waals surface area contributed by atoms with Crippen molar-refractivity contribution in [2.24, 2.45) is 0 Å². The molecule has 2 N–H and O–H groups in total. The van der Waals surface area contributed by atoms with Gasteiger partial charge in [0.2, 0.25) is 0 Å². The van der Waals surface area contributed by atoms with Gasteiger partial charge < -0.3 is 15.0 Å². The Labute approximate surface area is 146 Å². The van der Waals surface area contributed by atoms with Gasteiger partial charge in [-0.05, 0) is 44.9 Å². The topological polar surface area (TPSA) is 70.2 Å². The fraction of sp³-hybridized carbons (Fsp3) is 0.444. The van der Waals surface area contributed by atoms with Crippen LogP contribution in [-0.4, -0.2) is 40.3 Å². The molecule has 0 unspecified atom stereocenters. The zero-order valence-electron chi connectivity index (χ0n) is 14.5. The molecule has 6 nitrogen and oxygen atoms in total. The second kappa shape index (κ2) is 7.55. The highest BCUT2D eigenvalue weighted by Gasteiger charge is 2.25. The van der Waals surface area contributed by atoms with Crippen LogP contribution in [-0.2, 0) is 0 Å². The number of aromatic nitrogens is 2. The van der Waals surface area contributed by atoms with Gasteiger partial charge in [0, 0.05) is 37.0 Å². The highest BCUT2D eigenvalue weighted by molar-refractivity contribution is 5.89. The molecule has 0 bridgehead atoms. The van der Waals surface area contributed by atoms with E-state index in [4.69, 9.17) is 4.74 Å². The molecule has 25 heavy (non-hydrogen) atoms. The Hall–Kier alpha value is -2.57. The van der Waals surface area contributed by atoms with Crippen LogP contribution in [0.15, 0.2) is 30.5 Å². The summed E-state index contributed by atoms with van der Waals surface area (Å²) in [6, 6.07) is 6.17. The summed E-state index contributed by atoms with van der Waals surface area (Å²) in [6.45, 7) is 5.01. The van der Waals surface area contributed by atoms with Gasteiger partial charge in [-0.1, -0.05) is 0 Å². The molecule has 1 fully saturated rings. The molecule has 7 heteroatoms. The number of benzene rings is 1. The minimum atomic E-state index is -0.501. The fourth-order valence-electron chi connectivity index (χ4n) is 3.02. The Kier molecular flexibility index (Phi) is 5.21. The highest BCUT2D eigenvalue weighted by Crippen LogP contribution is 2.27. The lowest BCUT2D eigenvalue weighted by atomic mass is 9.94. The average molecular weight is 346 g/mol. The largest absolute Gasteiger partial charge is 0.491 e. The van der Waals surface area contributed by atoms with Gasteiger partial charge in [0.25, 0.3) is 0 Å². The molecule has 0 atom stereocenters. The van der Waals surface area contributed by atoms with Gasteiger partial charge >= 0.3 is 6.03 Å². The Bertz CT molecular complexity index is 710. The van der Waals surface area contributed by atoms with Crippen molar-refractivity contribution in [2.45, 2.75) is 38.7 Å². The van der Waals surface area contributed by atoms with Crippen LogP contribution in [0.4, 0.5) is 14.9 Å². The molecule has 2 heterocycles. The molecule has 1 aromatic carbocycles. The van der Waals surface area contributed by atoms with E-state index in [-0.39, 0.29) is 17.8 Å². The number of nitrogens with one attached hydrogen (secondary N) is 2. The highest BCUT2D eigenvalue weighted by atomic mass is 19.1. The van der Waals surface area contributed by atoms with E-state index in [1.54, 1.807) is 17.2 Å². The van der Waals surface area contributed by atoms with Crippen molar-refractivity contribution in [1.82, 2.24) is 15.1 Å². The van der Waals surface area contributed by atoms with Crippen molar-refractivity contribution in [2.75, 3.05) is 18.4 Å². The molecule has 0 spiro atoms. The quantitative estimate of drug-likeness (QED) is 0.886. The summed E-state index contributed by atoms with van der Waals surface area (Å²) < 4.78 is 19.6. The van der Waals surface area contributed by atoms with Gasteiger partial charge in [-0.15, -0.1) is 0 Å². The van der Waals surface area contributed by atoms with Gasteiger partial charge in [-0.3, -0.25) is 5.10 Å². The van der Waals surface area contributed by atoms with E-state index < -0.39 is 5.82 Å². The lowest BCUT2D eigenvalue weighted by Gasteiger charge is -2.31. The van der Waals surface area contributed by atoms with Gasteiger partial charge in [-0.2, -0.15) is 5.10 Å². The van der Waals surface area contributed by atoms with Crippen molar-refractivity contribution in [3.05, 3.63) is 42.0 Å². The van der Waals surface area contributed by atoms with Crippen LogP contribution in [0.25, 0.3) is 0 Å². The summed E-state index contributed by atoms with van der Waals surface area (Å²) in [7, 11) is 0. The number of hydrogen-bond donors (Lipinski definition) is 2. The maximum Gasteiger partial charge on any atom is 0.321 e. The first kappa shape index (κ1) is 17.3. The van der Waals surface area contributed by atoms with Gasteiger partial charge in [-0.25, -0.2) is 9.18 Å². The van der Waals surface area contributed by atoms with Crippen LogP contribution in [0.2, 0.25) is 0 Å². The third-order valence-corrected chi connectivity index (χ3v) is 4.30. The normalized spacial score (nSPS) is 15.4. The van der Waals surface area contributed by atoms with Crippen LogP contribution in [0.1, 0.15) is 38.3 Å². The Balaban J connectivity index is 1.56. The summed E-state index contributed by atoms with van der Waals surface area (Å²) in [4.78, 5) is 14.1. The Morgan fingerprint density at radius 2 is 2.12 bits per heavy atom. The van der Waals surface area contributed by atoms with E-state index in [1.165, 1.54) is 12.1 Å². The van der Waals surface area contributed by atoms with E-state index in [0.717, 1.165) is 18.5 Å². The fourth-order valence-corrected chi connectivity index (χ4v) is 3.02. The SMILES string of the molecule is CC(C)Oc1ccc(NC(=O)N2CCC(c3ccn[nH]3)CC2)c(F)c1. The first-order valence-corrected chi connectivity index (χ1v) is 8.54. The van der Waals surface area contributed by atoms with E-state index >= 15 is 0 Å². The summed E-state index contributed by atoms with van der Waals surface area (Å²) in [5.41, 5.74) is 1.27. The van der Waals surface area contributed by atoms with Gasteiger partial charge in [0.15, 0.2) is 0 Å². The van der Waals surface area contributed by atoms with Crippen molar-refractivity contribution in [1.29, 1.82) is 0 Å². The van der Waals surface area contributed by atoms with Crippen LogP contribution in [0, 0.1) is 5.82 Å². The minimum Gasteiger partial charge on any atom is -0.491 e. The number of halogens is 1. The van der Waals surface area contributed by atoms with Crippen molar-refractivity contribution in [3.63, 3.8) is 0 Å². The molecule has 2 amide bonds. The number of H-pyrrole nitrogens is 1. The number of nitrogens with zero attached hydrogens (tertiary/aromatic N) is 2. The number of aromatic amines is 1. The third kappa shape index (κ3) is 4.29. The number of rotatable bonds is 4. The van der Waals surface area contributed by atoms with E-state index in [9.17, 15) is 9.18 Å². The number of carbonyl (C=O) groups is 1. The number of hydrogen-bond acceptors (Lipinski definition) is 3. The van der Waals surface area contributed by atoms with Crippen LogP contribution < -0.4 is 10.1 Å². The van der Waals surface area contributed by atoms with Gasteiger partial charge in [0.05, 0.1) is 11.8 Å². The molecule has 134 valence electrons. The Morgan fingerprint density at radius 1 is 1.36 bits per heavy atom. The first-order valence-electron chi connectivity index (χ1n) is 8.54. The predicted octanol–water partition coefficient (Wildman–Crippen LogP) is 3.75. The molecule has 0 aliphatic carbocycles. The lowest BCUT2D eigenvalue weighted by molar-refractivity contribution is 0.194. The van der Waals surface area contributed by atoms with Crippen LogP contribution >= 0.6 is 0 Å². The van der Waals surface area contributed by atoms with Crippen LogP contribution in [0.5, 0.6) is 5.75 Å². The number of amides is 2. The van der Waals surface area contributed by atoms with Crippen molar-refractivity contribution >= 4 is 11.7 Å². The van der Waals surface area contributed by atoms with E-state index in [2.05, 4.69) is 15.5 Å². The monoisotopic (exact) mass is 346 g/mol. The van der Waals surface area contributed by atoms with Crippen molar-refractivity contribution < 1.29 is 13.9 Å². The summed E-state index contributed by atoms with van der Waals surface area (Å²) in [5, 5.41) is 9.60. The molecular weight excluding hydrogens is 323 g/mol. The van der Waals surface area contributed by atoms with Crippen molar-refractivity contribution in [3.8, 4) is 5.75 Å². The smallest absolute Gasteiger partial charge is 0.321 e. The third-order valence-electron chi connectivity index (χ3n) is 4.30. The number of ether oxygens (including phenoxy) is 1. The summed E-state index contributed by atoms with van der Waals surface area (Å²) in [5.74, 6) is 0.334. The Morgan fingerprint density at radius 3 is 2.72 bits per heavy atom. The molecule has 1 saturated heterocycles. The molecule has 3 rings (SSSR count). The number of urea groups is 1. The molecular formula is C18H23FN4O2. The second-order valence-electron chi connectivity index (χ2n) is 6.51. The lowest BCUT2D eigenvalue weighted by Crippen LogP contribution is -2.40. The second-order valence-corrected chi connectivity index (χ2v) is 6.51. The number of carbonyl (C=O) groups excluding carboxylic acids is 1. The predicted molar refractivity (Wildman–Crippen MR) is 93.3 cm³/mol. The molecule has 1 aliphatic rings. The van der Waals surface area contributed by atoms with Crippen LogP contribution in [0.3, 0.4) is 0 Å². The number of anilines is 1. The zero-order valence-corrected chi connectivity index (χ0v) is 14.5. The maximum absolute atomic E-state index is 14.2. The van der Waals surface area contributed by atoms with E-state index in [0.29, 0.717) is 24.8 Å². The zero-order chi connectivity index (χ0) is 17.8. The first-order chi connectivity index (χ1) is 12.0. The van der Waals surface area contributed by atoms with Gasteiger partial charge in [0.1, 0.15) is 11.6 Å². The minimum absolute atomic E-state index is 0.0315. The molecule has 1 aliphatic heterocycles. The maximum atomic E-state index is 14.2. The van der Waals surface area contributed by atoms with E-state index in [1.807, 2.05) is 19.9 Å². The molecule has 1 aromatic heterocycles.